The molecular weight excluding hydrogens is 772 g/mol. The Hall–Kier alpha value is -1.06. The van der Waals surface area contributed by atoms with Gasteiger partial charge in [-0.15, -0.1) is 0 Å². The number of amides is 1. The molecule has 0 heterocycles. The number of hydrogen-bond donors (Lipinski definition) is 5. The molecule has 0 aliphatic rings. The average Bonchev–Trinajstić information content (AvgIpc) is 3.23. The molecule has 9 nitrogen and oxygen atoms in total. The summed E-state index contributed by atoms with van der Waals surface area (Å²) in [7, 11) is -4.41. The number of nitrogens with one attached hydrogen (secondary N) is 1. The van der Waals surface area contributed by atoms with Gasteiger partial charge in [0.05, 0.1) is 37.9 Å². The first-order valence-corrected chi connectivity index (χ1v) is 27.0. The summed E-state index contributed by atoms with van der Waals surface area (Å²) in [6.07, 6.45) is 51.3. The Morgan fingerprint density at radius 1 is 0.567 bits per heavy atom. The second-order valence-corrected chi connectivity index (χ2v) is 19.0. The van der Waals surface area contributed by atoms with Crippen molar-refractivity contribution in [2.24, 2.45) is 5.73 Å². The van der Waals surface area contributed by atoms with Crippen LogP contribution < -0.4 is 11.1 Å². The van der Waals surface area contributed by atoms with Gasteiger partial charge in [-0.25, -0.2) is 4.57 Å². The summed E-state index contributed by atoms with van der Waals surface area (Å²) in [6.45, 7) is 3.99. The zero-order valence-electron chi connectivity index (χ0n) is 39.3. The van der Waals surface area contributed by atoms with E-state index in [0.29, 0.717) is 12.8 Å². The molecule has 0 aromatic carbocycles. The summed E-state index contributed by atoms with van der Waals surface area (Å²) >= 11 is 0. The summed E-state index contributed by atoms with van der Waals surface area (Å²) in [5.41, 5.74) is 5.38. The summed E-state index contributed by atoms with van der Waals surface area (Å²) in [6, 6.07) is -0.996. The van der Waals surface area contributed by atoms with Crippen molar-refractivity contribution in [2.45, 2.75) is 270 Å². The molecule has 10 heteroatoms. The van der Waals surface area contributed by atoms with E-state index in [0.717, 1.165) is 32.1 Å². The topological polar surface area (TPSA) is 151 Å². The van der Waals surface area contributed by atoms with Crippen molar-refractivity contribution in [3.8, 4) is 0 Å². The largest absolute Gasteiger partial charge is 0.472 e. The lowest BCUT2D eigenvalue weighted by Gasteiger charge is -2.24. The Kier molecular flexibility index (Phi) is 45.1. The minimum absolute atomic E-state index is 0.0463. The number of unbranched alkanes of at least 4 members (excludes halogenated alkanes) is 32. The predicted octanol–water partition coefficient (Wildman–Crippen LogP) is 13.9. The third-order valence-electron chi connectivity index (χ3n) is 11.6. The average molecular weight is 871 g/mol. The van der Waals surface area contributed by atoms with Crippen LogP contribution in [0.3, 0.4) is 0 Å². The van der Waals surface area contributed by atoms with E-state index in [2.05, 4.69) is 31.3 Å². The first kappa shape index (κ1) is 58.9. The number of carbonyl (C=O) groups excluding carboxylic acids is 1. The predicted molar refractivity (Wildman–Crippen MR) is 255 cm³/mol. The van der Waals surface area contributed by atoms with Crippen LogP contribution in [-0.2, 0) is 18.4 Å². The summed E-state index contributed by atoms with van der Waals surface area (Å²) in [4.78, 5) is 22.8. The normalized spacial score (nSPS) is 14.6. The number of allylic oxidation sites excluding steroid dienone is 3. The fourth-order valence-electron chi connectivity index (χ4n) is 7.72. The van der Waals surface area contributed by atoms with Gasteiger partial charge in [0.2, 0.25) is 5.91 Å². The highest BCUT2D eigenvalue weighted by Crippen LogP contribution is 2.43. The van der Waals surface area contributed by atoms with E-state index in [4.69, 9.17) is 14.8 Å². The second kappa shape index (κ2) is 45.9. The van der Waals surface area contributed by atoms with Crippen LogP contribution >= 0.6 is 7.82 Å². The number of phosphoric ester groups is 1. The molecule has 0 radical (unpaired) electrons. The highest BCUT2D eigenvalue weighted by Gasteiger charge is 2.27. The first-order valence-electron chi connectivity index (χ1n) is 25.5. The third-order valence-corrected chi connectivity index (χ3v) is 12.6. The monoisotopic (exact) mass is 871 g/mol. The molecule has 0 aromatic heterocycles. The maximum atomic E-state index is 12.9. The van der Waals surface area contributed by atoms with E-state index < -0.39 is 38.6 Å². The van der Waals surface area contributed by atoms with Crippen molar-refractivity contribution in [2.75, 3.05) is 19.8 Å². The lowest BCUT2D eigenvalue weighted by molar-refractivity contribution is -0.124. The molecule has 6 N–H and O–H groups in total. The zero-order chi connectivity index (χ0) is 44.0. The number of phosphoric acid groups is 1. The van der Waals surface area contributed by atoms with Crippen LogP contribution in [0.15, 0.2) is 24.3 Å². The molecule has 0 rings (SSSR count). The van der Waals surface area contributed by atoms with E-state index in [1.807, 2.05) is 6.08 Å². The van der Waals surface area contributed by atoms with Crippen molar-refractivity contribution in [3.05, 3.63) is 24.3 Å². The minimum Gasteiger partial charge on any atom is -0.393 e. The van der Waals surface area contributed by atoms with E-state index in [-0.39, 0.29) is 19.6 Å². The zero-order valence-corrected chi connectivity index (χ0v) is 40.2. The van der Waals surface area contributed by atoms with Gasteiger partial charge >= 0.3 is 7.82 Å². The molecular formula is C50H99N2O7P. The van der Waals surface area contributed by atoms with Gasteiger partial charge in [0.25, 0.3) is 0 Å². The van der Waals surface area contributed by atoms with Gasteiger partial charge < -0.3 is 26.2 Å². The number of rotatable bonds is 48. The summed E-state index contributed by atoms with van der Waals surface area (Å²) in [5, 5.41) is 24.1. The van der Waals surface area contributed by atoms with Crippen LogP contribution in [0.1, 0.15) is 251 Å². The molecule has 4 unspecified atom stereocenters. The van der Waals surface area contributed by atoms with Gasteiger partial charge in [-0.1, -0.05) is 237 Å². The van der Waals surface area contributed by atoms with Gasteiger partial charge in [0, 0.05) is 6.54 Å². The number of nitrogens with two attached hydrogens (primary N) is 1. The van der Waals surface area contributed by atoms with Gasteiger partial charge in [0.1, 0.15) is 0 Å². The van der Waals surface area contributed by atoms with Gasteiger partial charge in [-0.3, -0.25) is 13.8 Å². The van der Waals surface area contributed by atoms with Gasteiger partial charge in [0.15, 0.2) is 0 Å². The molecule has 0 fully saturated rings. The van der Waals surface area contributed by atoms with Crippen LogP contribution in [0.25, 0.3) is 0 Å². The Morgan fingerprint density at radius 2 is 0.950 bits per heavy atom. The molecule has 0 aliphatic carbocycles. The second-order valence-electron chi connectivity index (χ2n) is 17.6. The lowest BCUT2D eigenvalue weighted by Crippen LogP contribution is -2.46. The number of aliphatic hydroxyl groups excluding tert-OH is 2. The molecule has 4 atom stereocenters. The van der Waals surface area contributed by atoms with Crippen LogP contribution in [0, 0.1) is 0 Å². The van der Waals surface area contributed by atoms with Crippen LogP contribution in [0.2, 0.25) is 0 Å². The fraction of sp³-hybridized carbons (Fsp3) is 0.900. The number of hydrogen-bond acceptors (Lipinski definition) is 7. The maximum absolute atomic E-state index is 12.9. The van der Waals surface area contributed by atoms with Crippen molar-refractivity contribution in [1.82, 2.24) is 5.32 Å². The van der Waals surface area contributed by atoms with E-state index in [1.165, 1.54) is 186 Å². The van der Waals surface area contributed by atoms with Crippen molar-refractivity contribution < 1.29 is 33.5 Å². The third kappa shape index (κ3) is 43.6. The SMILES string of the molecule is CCCCCCCCCCCCCCCC/C=C/CC/C=C/C(O)C(COP(=O)(O)OCCN)NC(=O)CC(O)CCCCCCCCCCCCCCCCCCCC. The molecule has 356 valence electrons. The number of aliphatic hydroxyl groups is 2. The minimum atomic E-state index is -4.41. The first-order chi connectivity index (χ1) is 29.3. The van der Waals surface area contributed by atoms with E-state index in [1.54, 1.807) is 6.08 Å². The van der Waals surface area contributed by atoms with Crippen molar-refractivity contribution >= 4 is 13.7 Å². The molecule has 60 heavy (non-hydrogen) atoms. The Labute approximate surface area is 370 Å². The highest BCUT2D eigenvalue weighted by atomic mass is 31.2. The smallest absolute Gasteiger partial charge is 0.393 e. The fourth-order valence-corrected chi connectivity index (χ4v) is 8.48. The molecule has 0 aromatic rings. The van der Waals surface area contributed by atoms with Crippen LogP contribution in [0.5, 0.6) is 0 Å². The quantitative estimate of drug-likeness (QED) is 0.0230. The molecule has 0 bridgehead atoms. The standard InChI is InChI=1S/C50H99N2O7P/c1-3-5-7-9-11-13-15-17-19-21-23-24-26-28-30-32-34-36-38-40-42-49(54)48(46-59-60(56,57)58-44-43-51)52-50(55)45-47(53)41-39-37-35-33-31-29-27-25-22-20-18-16-14-12-10-8-6-4-2/h32,34,40,42,47-49,53-54H,3-31,33,35-39,41,43-46,51H2,1-2H3,(H,52,55)(H,56,57)/b34-32+,42-40+. The summed E-state index contributed by atoms with van der Waals surface area (Å²) < 4.78 is 22.2. The van der Waals surface area contributed by atoms with Crippen LogP contribution in [0.4, 0.5) is 0 Å². The lowest BCUT2D eigenvalue weighted by atomic mass is 10.0. The van der Waals surface area contributed by atoms with Gasteiger partial charge in [-0.2, -0.15) is 0 Å². The van der Waals surface area contributed by atoms with E-state index in [9.17, 15) is 24.5 Å². The Bertz CT molecular complexity index is 1010. The Balaban J connectivity index is 4.23. The molecule has 0 saturated carbocycles. The van der Waals surface area contributed by atoms with Crippen molar-refractivity contribution in [3.63, 3.8) is 0 Å². The highest BCUT2D eigenvalue weighted by molar-refractivity contribution is 7.47. The van der Waals surface area contributed by atoms with Gasteiger partial charge in [-0.05, 0) is 32.1 Å². The molecule has 0 spiro atoms. The van der Waals surface area contributed by atoms with E-state index >= 15 is 0 Å². The Morgan fingerprint density at radius 3 is 1.38 bits per heavy atom. The molecule has 1 amide bonds. The number of carbonyl (C=O) groups is 1. The summed E-state index contributed by atoms with van der Waals surface area (Å²) in [5.74, 6) is -0.451. The van der Waals surface area contributed by atoms with Crippen LogP contribution in [-0.4, -0.2) is 59.0 Å². The molecule has 0 saturated heterocycles. The van der Waals surface area contributed by atoms with Crippen molar-refractivity contribution in [1.29, 1.82) is 0 Å². The maximum Gasteiger partial charge on any atom is 0.472 e. The molecule has 0 aliphatic heterocycles.